The van der Waals surface area contributed by atoms with Gasteiger partial charge in [-0.05, 0) is 43.7 Å². The highest BCUT2D eigenvalue weighted by molar-refractivity contribution is 5.94. The Morgan fingerprint density at radius 1 is 1.14 bits per heavy atom. The molecule has 0 spiro atoms. The zero-order chi connectivity index (χ0) is 16.1. The Labute approximate surface area is 130 Å². The van der Waals surface area contributed by atoms with Crippen molar-refractivity contribution in [1.82, 2.24) is 0 Å². The van der Waals surface area contributed by atoms with Crippen LogP contribution in [0.1, 0.15) is 11.1 Å². The van der Waals surface area contributed by atoms with E-state index in [4.69, 9.17) is 15.2 Å². The summed E-state index contributed by atoms with van der Waals surface area (Å²) >= 11 is 0. The number of aryl methyl sites for hydroxylation is 2. The largest absolute Gasteiger partial charge is 0.495 e. The van der Waals surface area contributed by atoms with E-state index in [1.165, 1.54) is 7.11 Å². The predicted octanol–water partition coefficient (Wildman–Crippen LogP) is 2.91. The highest BCUT2D eigenvalue weighted by atomic mass is 16.5. The van der Waals surface area contributed by atoms with Crippen LogP contribution in [0.25, 0.3) is 0 Å². The fourth-order valence-corrected chi connectivity index (χ4v) is 2.11. The van der Waals surface area contributed by atoms with Crippen LogP contribution in [0, 0.1) is 13.8 Å². The highest BCUT2D eigenvalue weighted by Gasteiger charge is 2.09. The molecule has 0 saturated carbocycles. The highest BCUT2D eigenvalue weighted by Crippen LogP contribution is 2.26. The molecule has 0 bridgehead atoms. The van der Waals surface area contributed by atoms with E-state index in [0.29, 0.717) is 22.9 Å². The fraction of sp³-hybridized carbons (Fsp3) is 0.235. The molecule has 0 aliphatic carbocycles. The van der Waals surface area contributed by atoms with E-state index in [2.05, 4.69) is 5.32 Å². The van der Waals surface area contributed by atoms with E-state index < -0.39 is 0 Å². The number of ether oxygens (including phenoxy) is 2. The summed E-state index contributed by atoms with van der Waals surface area (Å²) in [4.78, 5) is 12.0. The van der Waals surface area contributed by atoms with Gasteiger partial charge in [0.05, 0.1) is 12.8 Å². The van der Waals surface area contributed by atoms with Gasteiger partial charge in [0, 0.05) is 5.69 Å². The van der Waals surface area contributed by atoms with Crippen LogP contribution in [0.15, 0.2) is 36.4 Å². The minimum absolute atomic E-state index is 0.0815. The first-order valence-electron chi connectivity index (χ1n) is 6.93. The smallest absolute Gasteiger partial charge is 0.262 e. The Kier molecular flexibility index (Phi) is 4.88. The Bertz CT molecular complexity index is 684. The van der Waals surface area contributed by atoms with Crippen molar-refractivity contribution in [2.24, 2.45) is 0 Å². The van der Waals surface area contributed by atoms with Gasteiger partial charge in [0.15, 0.2) is 6.61 Å². The quantitative estimate of drug-likeness (QED) is 0.833. The van der Waals surface area contributed by atoms with Crippen molar-refractivity contribution < 1.29 is 14.3 Å². The zero-order valence-electron chi connectivity index (χ0n) is 13.0. The summed E-state index contributed by atoms with van der Waals surface area (Å²) < 4.78 is 10.7. The Morgan fingerprint density at radius 2 is 1.86 bits per heavy atom. The summed E-state index contributed by atoms with van der Waals surface area (Å²) in [5, 5.41) is 2.73. The molecule has 0 saturated heterocycles. The number of rotatable bonds is 5. The van der Waals surface area contributed by atoms with Gasteiger partial charge in [-0.2, -0.15) is 0 Å². The lowest BCUT2D eigenvalue weighted by atomic mass is 10.1. The Hall–Kier alpha value is -2.69. The topological polar surface area (TPSA) is 73.6 Å². The van der Waals surface area contributed by atoms with Crippen molar-refractivity contribution in [3.8, 4) is 11.5 Å². The normalized spacial score (nSPS) is 10.1. The van der Waals surface area contributed by atoms with Crippen LogP contribution in [0.5, 0.6) is 11.5 Å². The fourth-order valence-electron chi connectivity index (χ4n) is 2.11. The van der Waals surface area contributed by atoms with E-state index in [1.54, 1.807) is 18.2 Å². The van der Waals surface area contributed by atoms with E-state index >= 15 is 0 Å². The van der Waals surface area contributed by atoms with Crippen LogP contribution < -0.4 is 20.5 Å². The number of carbonyl (C=O) groups excluding carboxylic acids is 1. The van der Waals surface area contributed by atoms with Crippen LogP contribution in [-0.4, -0.2) is 19.6 Å². The molecule has 22 heavy (non-hydrogen) atoms. The van der Waals surface area contributed by atoms with Gasteiger partial charge in [-0.3, -0.25) is 4.79 Å². The van der Waals surface area contributed by atoms with E-state index in [1.807, 2.05) is 32.0 Å². The van der Waals surface area contributed by atoms with Crippen molar-refractivity contribution in [3.05, 3.63) is 47.5 Å². The maximum absolute atomic E-state index is 12.0. The van der Waals surface area contributed by atoms with Crippen LogP contribution in [0.3, 0.4) is 0 Å². The predicted molar refractivity (Wildman–Crippen MR) is 87.4 cm³/mol. The summed E-state index contributed by atoms with van der Waals surface area (Å²) in [5.41, 5.74) is 8.94. The number of amides is 1. The molecule has 0 radical (unpaired) electrons. The second kappa shape index (κ2) is 6.85. The second-order valence-corrected chi connectivity index (χ2v) is 5.07. The lowest BCUT2D eigenvalue weighted by Crippen LogP contribution is -2.20. The number of carbonyl (C=O) groups is 1. The SMILES string of the molecule is COc1ccc(N)cc1NC(=O)COc1ccc(C)cc1C. The first-order valence-corrected chi connectivity index (χ1v) is 6.93. The lowest BCUT2D eigenvalue weighted by Gasteiger charge is -2.12. The van der Waals surface area contributed by atoms with Crippen LogP contribution in [0.2, 0.25) is 0 Å². The van der Waals surface area contributed by atoms with Gasteiger partial charge in [0.2, 0.25) is 0 Å². The molecule has 0 aromatic heterocycles. The van der Waals surface area contributed by atoms with Gasteiger partial charge in [-0.15, -0.1) is 0 Å². The number of nitrogens with two attached hydrogens (primary N) is 1. The van der Waals surface area contributed by atoms with Gasteiger partial charge in [-0.1, -0.05) is 17.7 Å². The summed E-state index contributed by atoms with van der Waals surface area (Å²) in [7, 11) is 1.54. The summed E-state index contributed by atoms with van der Waals surface area (Å²) in [5.74, 6) is 0.971. The van der Waals surface area contributed by atoms with Crippen LogP contribution in [-0.2, 0) is 4.79 Å². The lowest BCUT2D eigenvalue weighted by molar-refractivity contribution is -0.118. The van der Waals surface area contributed by atoms with Gasteiger partial charge in [0.1, 0.15) is 11.5 Å². The van der Waals surface area contributed by atoms with Crippen molar-refractivity contribution >= 4 is 17.3 Å². The minimum atomic E-state index is -0.274. The monoisotopic (exact) mass is 300 g/mol. The number of nitrogens with one attached hydrogen (secondary N) is 1. The number of benzene rings is 2. The molecule has 0 aliphatic rings. The number of hydrogen-bond donors (Lipinski definition) is 2. The minimum Gasteiger partial charge on any atom is -0.495 e. The molecule has 116 valence electrons. The standard InChI is InChI=1S/C17H20N2O3/c1-11-4-6-15(12(2)8-11)22-10-17(20)19-14-9-13(18)5-7-16(14)21-3/h4-9H,10,18H2,1-3H3,(H,19,20). The third kappa shape index (κ3) is 3.91. The van der Waals surface area contributed by atoms with Crippen molar-refractivity contribution in [1.29, 1.82) is 0 Å². The van der Waals surface area contributed by atoms with Crippen molar-refractivity contribution in [2.75, 3.05) is 24.8 Å². The maximum atomic E-state index is 12.0. The average molecular weight is 300 g/mol. The third-order valence-electron chi connectivity index (χ3n) is 3.19. The average Bonchev–Trinajstić information content (AvgIpc) is 2.46. The van der Waals surface area contributed by atoms with Crippen LogP contribution >= 0.6 is 0 Å². The molecule has 2 aromatic rings. The molecule has 0 atom stereocenters. The van der Waals surface area contributed by atoms with E-state index in [9.17, 15) is 4.79 Å². The van der Waals surface area contributed by atoms with Gasteiger partial charge in [-0.25, -0.2) is 0 Å². The number of hydrogen-bond acceptors (Lipinski definition) is 4. The summed E-state index contributed by atoms with van der Waals surface area (Å²) in [6, 6.07) is 10.9. The summed E-state index contributed by atoms with van der Waals surface area (Å²) in [6.45, 7) is 3.87. The zero-order valence-corrected chi connectivity index (χ0v) is 13.0. The molecule has 2 rings (SSSR count). The molecule has 5 heteroatoms. The molecule has 0 heterocycles. The molecule has 3 N–H and O–H groups in total. The molecule has 0 aliphatic heterocycles. The summed E-state index contributed by atoms with van der Waals surface area (Å²) in [6.07, 6.45) is 0. The van der Waals surface area contributed by atoms with Crippen molar-refractivity contribution in [2.45, 2.75) is 13.8 Å². The second-order valence-electron chi connectivity index (χ2n) is 5.07. The Balaban J connectivity index is 2.00. The first kappa shape index (κ1) is 15.7. The molecule has 0 unspecified atom stereocenters. The molecular weight excluding hydrogens is 280 g/mol. The molecule has 0 fully saturated rings. The van der Waals surface area contributed by atoms with Crippen molar-refractivity contribution in [3.63, 3.8) is 0 Å². The number of methoxy groups -OCH3 is 1. The van der Waals surface area contributed by atoms with Crippen LogP contribution in [0.4, 0.5) is 11.4 Å². The maximum Gasteiger partial charge on any atom is 0.262 e. The van der Waals surface area contributed by atoms with Gasteiger partial charge in [0.25, 0.3) is 5.91 Å². The van der Waals surface area contributed by atoms with Gasteiger partial charge >= 0.3 is 0 Å². The van der Waals surface area contributed by atoms with Gasteiger partial charge < -0.3 is 20.5 Å². The van der Waals surface area contributed by atoms with E-state index in [0.717, 1.165) is 11.1 Å². The first-order chi connectivity index (χ1) is 10.5. The van der Waals surface area contributed by atoms with E-state index in [-0.39, 0.29) is 12.5 Å². The third-order valence-corrected chi connectivity index (χ3v) is 3.19. The molecule has 2 aromatic carbocycles. The molecule has 1 amide bonds. The number of nitrogen functional groups attached to an aromatic ring is 1. The number of anilines is 2. The molecule has 5 nitrogen and oxygen atoms in total. The molecular formula is C17H20N2O3. The Morgan fingerprint density at radius 3 is 2.55 bits per heavy atom.